The number of aromatic amines is 1. The summed E-state index contributed by atoms with van der Waals surface area (Å²) < 4.78 is 14.1. The molecule has 0 saturated carbocycles. The molecule has 60 heavy (non-hydrogen) atoms. The molecule has 8 rings (SSSR count). The molecule has 1 spiro atoms. The van der Waals surface area contributed by atoms with E-state index in [-0.39, 0.29) is 61.3 Å². The molecule has 3 heterocycles. The standard InChI is InChI=1S/C46H47N5O8Si/c1-30-43(60(3,4)36-21-19-35(58-2)20-22-36)41(27-42(53)48(24-25-52)28-31-10-6-5-7-11-31)59-46(30)38-26-34(51(56)57)18-23-40(38)49(45(46)55)29-32-14-16-33(17-15-32)50-44(54)37-12-8-9-13-39(37)47-50/h5-23,26,30,41,43,47,52H,24-25,27-29H2,1-4H3/t30-,41+,43-,46+/m0/s1. The van der Waals surface area contributed by atoms with Gasteiger partial charge in [0.1, 0.15) is 5.75 Å². The number of carbonyl (C=O) groups is 2. The maximum Gasteiger partial charge on any atom is 0.279 e. The number of carbonyl (C=O) groups excluding carboxylic acids is 2. The van der Waals surface area contributed by atoms with Gasteiger partial charge in [-0.05, 0) is 59.1 Å². The van der Waals surface area contributed by atoms with Gasteiger partial charge in [0, 0.05) is 36.7 Å². The molecule has 0 bridgehead atoms. The van der Waals surface area contributed by atoms with Crippen LogP contribution in [0.4, 0.5) is 11.4 Å². The fourth-order valence-corrected chi connectivity index (χ4v) is 13.5. The molecule has 1 aromatic heterocycles. The summed E-state index contributed by atoms with van der Waals surface area (Å²) >= 11 is 0. The summed E-state index contributed by atoms with van der Waals surface area (Å²) in [6.07, 6.45) is -0.819. The third-order valence-corrected chi connectivity index (χ3v) is 16.8. The summed E-state index contributed by atoms with van der Waals surface area (Å²) in [7, 11) is -1.06. The lowest BCUT2D eigenvalue weighted by atomic mass is 9.82. The van der Waals surface area contributed by atoms with Gasteiger partial charge in [0.05, 0.1) is 68.1 Å². The molecule has 0 radical (unpaired) electrons. The largest absolute Gasteiger partial charge is 0.497 e. The van der Waals surface area contributed by atoms with Crippen LogP contribution in [0, 0.1) is 16.0 Å². The van der Waals surface area contributed by atoms with E-state index < -0.39 is 30.6 Å². The van der Waals surface area contributed by atoms with Crippen molar-refractivity contribution in [2.75, 3.05) is 25.2 Å². The first kappa shape index (κ1) is 40.4. The van der Waals surface area contributed by atoms with Crippen LogP contribution in [0.15, 0.2) is 126 Å². The second kappa shape index (κ2) is 16.0. The van der Waals surface area contributed by atoms with Crippen LogP contribution in [0.3, 0.4) is 0 Å². The SMILES string of the molecule is COc1ccc([Si](C)(C)[C@@H]2[C@@H](CC(=O)N(CCO)Cc3ccccc3)O[C@]3(C(=O)N(Cc4ccc(-n5[nH]c6ccccc6c5=O)cc4)c4ccc([N+](=O)[O-])cc43)[C@H]2C)cc1. The molecule has 308 valence electrons. The Balaban J connectivity index is 1.18. The highest BCUT2D eigenvalue weighted by molar-refractivity contribution is 6.91. The number of fused-ring (bicyclic) bond motifs is 3. The number of nitrogens with zero attached hydrogens (tertiary/aromatic N) is 4. The van der Waals surface area contributed by atoms with E-state index >= 15 is 4.79 Å². The molecule has 0 aliphatic carbocycles. The van der Waals surface area contributed by atoms with Crippen LogP contribution >= 0.6 is 0 Å². The molecule has 13 nitrogen and oxygen atoms in total. The van der Waals surface area contributed by atoms with Gasteiger partial charge in [-0.2, -0.15) is 0 Å². The molecule has 4 atom stereocenters. The molecule has 1 saturated heterocycles. The Morgan fingerprint density at radius 1 is 0.950 bits per heavy atom. The number of rotatable bonds is 13. The fourth-order valence-electron chi connectivity index (χ4n) is 9.46. The number of hydrogen-bond acceptors (Lipinski definition) is 8. The van der Waals surface area contributed by atoms with E-state index in [0.29, 0.717) is 33.6 Å². The number of amides is 2. The summed E-state index contributed by atoms with van der Waals surface area (Å²) in [6.45, 7) is 6.67. The van der Waals surface area contributed by atoms with E-state index in [1.807, 2.05) is 104 Å². The Kier molecular flexibility index (Phi) is 10.8. The molecule has 2 amide bonds. The molecule has 0 unspecified atom stereocenters. The van der Waals surface area contributed by atoms with Crippen molar-refractivity contribution in [1.29, 1.82) is 0 Å². The number of nitro groups is 1. The summed E-state index contributed by atoms with van der Waals surface area (Å²) in [6, 6.07) is 36.5. The molecule has 2 aliphatic rings. The van der Waals surface area contributed by atoms with Gasteiger partial charge < -0.3 is 24.4 Å². The number of aromatic nitrogens is 2. The first-order valence-corrected chi connectivity index (χ1v) is 23.1. The van der Waals surface area contributed by atoms with Gasteiger partial charge >= 0.3 is 0 Å². The Labute approximate surface area is 347 Å². The van der Waals surface area contributed by atoms with Crippen LogP contribution in [-0.2, 0) is 33.0 Å². The normalized spacial score (nSPS) is 19.9. The highest BCUT2D eigenvalue weighted by atomic mass is 28.3. The molecule has 6 aromatic rings. The number of anilines is 1. The first-order valence-electron chi connectivity index (χ1n) is 20.0. The van der Waals surface area contributed by atoms with Crippen LogP contribution in [0.1, 0.15) is 30.0 Å². The lowest BCUT2D eigenvalue weighted by Gasteiger charge is -2.37. The second-order valence-electron chi connectivity index (χ2n) is 16.2. The van der Waals surface area contributed by atoms with E-state index in [4.69, 9.17) is 9.47 Å². The minimum Gasteiger partial charge on any atom is -0.497 e. The zero-order chi connectivity index (χ0) is 42.3. The van der Waals surface area contributed by atoms with Gasteiger partial charge in [-0.3, -0.25) is 29.6 Å². The minimum absolute atomic E-state index is 0.0672. The third-order valence-electron chi connectivity index (χ3n) is 12.5. The maximum absolute atomic E-state index is 15.4. The van der Waals surface area contributed by atoms with Crippen molar-refractivity contribution in [2.24, 2.45) is 5.92 Å². The molecule has 5 aromatic carbocycles. The molecule has 14 heteroatoms. The van der Waals surface area contributed by atoms with Crippen LogP contribution in [0.5, 0.6) is 5.75 Å². The molecular formula is C46H47N5O8Si. The highest BCUT2D eigenvalue weighted by Crippen LogP contribution is 2.60. The van der Waals surface area contributed by atoms with Gasteiger partial charge in [-0.1, -0.05) is 91.9 Å². The number of para-hydroxylation sites is 1. The number of methoxy groups -OCH3 is 1. The van der Waals surface area contributed by atoms with Crippen LogP contribution in [0.2, 0.25) is 18.6 Å². The Bertz CT molecular complexity index is 2630. The molecular weight excluding hydrogens is 779 g/mol. The zero-order valence-corrected chi connectivity index (χ0v) is 34.9. The predicted octanol–water partition coefficient (Wildman–Crippen LogP) is 6.41. The number of hydrogen-bond donors (Lipinski definition) is 2. The summed E-state index contributed by atoms with van der Waals surface area (Å²) in [5.41, 5.74) is 1.58. The lowest BCUT2D eigenvalue weighted by molar-refractivity contribution is -0.385. The van der Waals surface area contributed by atoms with Crippen molar-refractivity contribution in [3.8, 4) is 11.4 Å². The number of nitro benzene ring substituents is 1. The number of nitrogens with one attached hydrogen (secondary N) is 1. The summed E-state index contributed by atoms with van der Waals surface area (Å²) in [5.74, 6) is -0.416. The topological polar surface area (TPSA) is 160 Å². The number of benzene rings is 5. The van der Waals surface area contributed by atoms with Gasteiger partial charge in [-0.15, -0.1) is 0 Å². The van der Waals surface area contributed by atoms with Crippen molar-refractivity contribution < 1.29 is 29.1 Å². The van der Waals surface area contributed by atoms with Crippen LogP contribution in [0.25, 0.3) is 16.6 Å². The fraction of sp³-hybridized carbons (Fsp3) is 0.283. The molecule has 1 fully saturated rings. The monoisotopic (exact) mass is 825 g/mol. The van der Waals surface area contributed by atoms with Crippen LogP contribution < -0.4 is 20.4 Å². The van der Waals surface area contributed by atoms with Crippen LogP contribution in [-0.4, -0.2) is 71.0 Å². The Morgan fingerprint density at radius 3 is 2.32 bits per heavy atom. The quantitative estimate of drug-likeness (QED) is 0.0768. The number of aliphatic hydroxyl groups excluding tert-OH is 1. The van der Waals surface area contributed by atoms with E-state index in [9.17, 15) is 24.8 Å². The number of non-ortho nitro benzene ring substituents is 1. The van der Waals surface area contributed by atoms with Gasteiger partial charge in [0.25, 0.3) is 17.2 Å². The van der Waals surface area contributed by atoms with E-state index in [2.05, 4.69) is 18.2 Å². The average molecular weight is 826 g/mol. The van der Waals surface area contributed by atoms with E-state index in [1.165, 1.54) is 16.8 Å². The maximum atomic E-state index is 15.4. The lowest BCUT2D eigenvalue weighted by Crippen LogP contribution is -2.52. The zero-order valence-electron chi connectivity index (χ0n) is 33.9. The molecule has 2 aliphatic heterocycles. The van der Waals surface area contributed by atoms with Crippen molar-refractivity contribution in [1.82, 2.24) is 14.7 Å². The summed E-state index contributed by atoms with van der Waals surface area (Å²) in [5, 5.41) is 27.1. The number of ether oxygens (including phenoxy) is 2. The van der Waals surface area contributed by atoms with Gasteiger partial charge in [0.2, 0.25) is 5.91 Å². The number of H-pyrrole nitrogens is 1. The first-order chi connectivity index (χ1) is 28.9. The smallest absolute Gasteiger partial charge is 0.279 e. The van der Waals surface area contributed by atoms with Crippen molar-refractivity contribution in [3.63, 3.8) is 0 Å². The van der Waals surface area contributed by atoms with E-state index in [0.717, 1.165) is 16.3 Å². The predicted molar refractivity (Wildman–Crippen MR) is 231 cm³/mol. The minimum atomic E-state index is -2.67. The van der Waals surface area contributed by atoms with Gasteiger partial charge in [0.15, 0.2) is 5.60 Å². The van der Waals surface area contributed by atoms with Crippen molar-refractivity contribution >= 4 is 47.4 Å². The third kappa shape index (κ3) is 6.99. The number of aliphatic hydroxyl groups is 1. The van der Waals surface area contributed by atoms with Crippen molar-refractivity contribution in [3.05, 3.63) is 158 Å². The van der Waals surface area contributed by atoms with Gasteiger partial charge in [-0.25, -0.2) is 4.68 Å². The van der Waals surface area contributed by atoms with Crippen molar-refractivity contribution in [2.45, 2.75) is 56.8 Å². The van der Waals surface area contributed by atoms with E-state index in [1.54, 1.807) is 29.0 Å². The Hall–Kier alpha value is -6.35. The second-order valence-corrected chi connectivity index (χ2v) is 20.9. The Morgan fingerprint density at radius 2 is 1.65 bits per heavy atom. The highest BCUT2D eigenvalue weighted by Gasteiger charge is 2.66. The molecule has 2 N–H and O–H groups in total. The average Bonchev–Trinajstić information content (AvgIpc) is 3.83. The summed E-state index contributed by atoms with van der Waals surface area (Å²) in [4.78, 5) is 58.0.